The molecule has 10 nitrogen and oxygen atoms in total. The molecule has 31 heavy (non-hydrogen) atoms. The topological polar surface area (TPSA) is 123 Å². The highest BCUT2D eigenvalue weighted by atomic mass is 32.2. The second-order valence-corrected chi connectivity index (χ2v) is 8.69. The van der Waals surface area contributed by atoms with E-state index in [9.17, 15) is 25.0 Å². The van der Waals surface area contributed by atoms with Gasteiger partial charge in [-0.15, -0.1) is 11.8 Å². The third-order valence-corrected chi connectivity index (χ3v) is 6.85. The summed E-state index contributed by atoms with van der Waals surface area (Å²) in [4.78, 5) is 43.1. The minimum Gasteiger partial charge on any atom is -0.345 e. The Bertz CT molecular complexity index is 1160. The Morgan fingerprint density at radius 1 is 1.06 bits per heavy atom. The third-order valence-electron chi connectivity index (χ3n) is 5.00. The van der Waals surface area contributed by atoms with Gasteiger partial charge in [0.05, 0.1) is 31.7 Å². The largest absolute Gasteiger partial charge is 0.345 e. The van der Waals surface area contributed by atoms with Crippen LogP contribution in [0.25, 0.3) is 10.2 Å². The summed E-state index contributed by atoms with van der Waals surface area (Å²) < 4.78 is 1.10. The average Bonchev–Trinajstić information content (AvgIpc) is 3.22. The van der Waals surface area contributed by atoms with Gasteiger partial charge in [-0.05, 0) is 18.4 Å². The Balaban J connectivity index is 1.51. The molecule has 0 saturated carbocycles. The van der Waals surface area contributed by atoms with Crippen LogP contribution in [0.5, 0.6) is 0 Å². The second kappa shape index (κ2) is 8.47. The van der Waals surface area contributed by atoms with E-state index in [0.29, 0.717) is 26.2 Å². The summed E-state index contributed by atoms with van der Waals surface area (Å²) >= 11 is 3.24. The fraction of sp³-hybridized carbons (Fsp3) is 0.263. The lowest BCUT2D eigenvalue weighted by atomic mass is 10.1. The summed E-state index contributed by atoms with van der Waals surface area (Å²) in [5.74, 6) is -0.458. The molecule has 1 fully saturated rings. The van der Waals surface area contributed by atoms with Gasteiger partial charge >= 0.3 is 0 Å². The van der Waals surface area contributed by atoms with Gasteiger partial charge in [0.15, 0.2) is 5.13 Å². The van der Waals surface area contributed by atoms with E-state index in [0.717, 1.165) is 38.4 Å². The van der Waals surface area contributed by atoms with E-state index in [4.69, 9.17) is 4.98 Å². The first-order chi connectivity index (χ1) is 14.9. The van der Waals surface area contributed by atoms with Crippen LogP contribution in [0.4, 0.5) is 16.5 Å². The lowest BCUT2D eigenvalue weighted by Gasteiger charge is -2.34. The highest BCUT2D eigenvalue weighted by Crippen LogP contribution is 2.34. The molecular formula is C19H17N5O5S2. The summed E-state index contributed by atoms with van der Waals surface area (Å²) in [7, 11) is 0. The van der Waals surface area contributed by atoms with Crippen molar-refractivity contribution in [2.75, 3.05) is 37.3 Å². The van der Waals surface area contributed by atoms with E-state index in [2.05, 4.69) is 4.90 Å². The fourth-order valence-corrected chi connectivity index (χ4v) is 5.10. The molecule has 0 aliphatic carbocycles. The third kappa shape index (κ3) is 4.16. The van der Waals surface area contributed by atoms with E-state index >= 15 is 0 Å². The van der Waals surface area contributed by atoms with E-state index in [1.54, 1.807) is 28.0 Å². The molecular weight excluding hydrogens is 442 g/mol. The number of hydrogen-bond acceptors (Lipinski definition) is 9. The molecule has 0 spiro atoms. The van der Waals surface area contributed by atoms with Crippen LogP contribution in [0.15, 0.2) is 41.3 Å². The number of piperazine rings is 1. The summed E-state index contributed by atoms with van der Waals surface area (Å²) in [5.41, 5.74) is -0.0399. The zero-order chi connectivity index (χ0) is 22.1. The van der Waals surface area contributed by atoms with Gasteiger partial charge in [0.1, 0.15) is 0 Å². The van der Waals surface area contributed by atoms with Crippen LogP contribution >= 0.6 is 23.1 Å². The van der Waals surface area contributed by atoms with Crippen LogP contribution in [0.2, 0.25) is 0 Å². The second-order valence-electron chi connectivity index (χ2n) is 6.84. The lowest BCUT2D eigenvalue weighted by molar-refractivity contribution is -0.394. The van der Waals surface area contributed by atoms with Gasteiger partial charge in [0, 0.05) is 43.2 Å². The minimum absolute atomic E-state index is 0.0565. The summed E-state index contributed by atoms with van der Waals surface area (Å²) in [5, 5.41) is 23.1. The quantitative estimate of drug-likeness (QED) is 0.321. The van der Waals surface area contributed by atoms with Gasteiger partial charge in [-0.3, -0.25) is 25.0 Å². The zero-order valence-electron chi connectivity index (χ0n) is 16.4. The molecule has 1 saturated heterocycles. The SMILES string of the molecule is CSc1cccc2sc(N3CCN(C(=O)c4cc([N+](=O)[O-])cc([N+](=O)[O-])c4)CC3)nc12. The average molecular weight is 460 g/mol. The van der Waals surface area contributed by atoms with Crippen molar-refractivity contribution in [3.63, 3.8) is 0 Å². The van der Waals surface area contributed by atoms with Crippen LogP contribution in [-0.4, -0.2) is 58.1 Å². The monoisotopic (exact) mass is 459 g/mol. The van der Waals surface area contributed by atoms with Crippen LogP contribution in [-0.2, 0) is 0 Å². The molecule has 2 heterocycles. The molecule has 0 radical (unpaired) electrons. The van der Waals surface area contributed by atoms with E-state index in [-0.39, 0.29) is 5.56 Å². The molecule has 0 unspecified atom stereocenters. The molecule has 1 amide bonds. The number of thioether (sulfide) groups is 1. The smallest absolute Gasteiger partial charge is 0.277 e. The first-order valence-electron chi connectivity index (χ1n) is 9.29. The van der Waals surface area contributed by atoms with Crippen molar-refractivity contribution in [1.29, 1.82) is 0 Å². The number of fused-ring (bicyclic) bond motifs is 1. The van der Waals surface area contributed by atoms with Crippen LogP contribution in [0.3, 0.4) is 0 Å². The van der Waals surface area contributed by atoms with Crippen LogP contribution in [0.1, 0.15) is 10.4 Å². The number of anilines is 1. The highest BCUT2D eigenvalue weighted by Gasteiger charge is 2.27. The maximum absolute atomic E-state index is 12.9. The Hall–Kier alpha value is -3.25. The van der Waals surface area contributed by atoms with Gasteiger partial charge in [0.25, 0.3) is 17.3 Å². The van der Waals surface area contributed by atoms with Gasteiger partial charge in [-0.2, -0.15) is 0 Å². The van der Waals surface area contributed by atoms with Crippen molar-refractivity contribution in [2.24, 2.45) is 0 Å². The minimum atomic E-state index is -0.738. The van der Waals surface area contributed by atoms with Crippen molar-refractivity contribution in [3.8, 4) is 0 Å². The molecule has 1 aliphatic heterocycles. The fourth-order valence-electron chi connectivity index (χ4n) is 3.42. The Labute approximate surface area is 184 Å². The summed E-state index contributed by atoms with van der Waals surface area (Å²) in [6.07, 6.45) is 2.01. The van der Waals surface area contributed by atoms with Crippen molar-refractivity contribution in [2.45, 2.75) is 4.90 Å². The van der Waals surface area contributed by atoms with Crippen molar-refractivity contribution in [1.82, 2.24) is 9.88 Å². The highest BCUT2D eigenvalue weighted by molar-refractivity contribution is 7.98. The molecule has 4 rings (SSSR count). The number of hydrogen-bond donors (Lipinski definition) is 0. The molecule has 1 aromatic heterocycles. The standard InChI is InChI=1S/C19H17N5O5S2/c1-30-15-3-2-4-16-17(15)20-19(31-16)22-7-5-21(6-8-22)18(25)12-9-13(23(26)27)11-14(10-12)24(28)29/h2-4,9-11H,5-8H2,1H3. The molecule has 1 aliphatic rings. The molecule has 12 heteroatoms. The predicted molar refractivity (Wildman–Crippen MR) is 119 cm³/mol. The summed E-state index contributed by atoms with van der Waals surface area (Å²) in [6.45, 7) is 1.88. The van der Waals surface area contributed by atoms with Crippen LogP contribution < -0.4 is 4.90 Å². The van der Waals surface area contributed by atoms with E-state index in [1.807, 2.05) is 24.5 Å². The number of carbonyl (C=O) groups excluding carboxylic acids is 1. The normalized spacial score (nSPS) is 14.1. The van der Waals surface area contributed by atoms with Crippen LogP contribution in [0, 0.1) is 20.2 Å². The number of aromatic nitrogens is 1. The predicted octanol–water partition coefficient (Wildman–Crippen LogP) is 3.80. The number of non-ortho nitro benzene ring substituents is 2. The number of rotatable bonds is 5. The number of nitro groups is 2. The summed E-state index contributed by atoms with van der Waals surface area (Å²) in [6, 6.07) is 9.09. The Kier molecular flexibility index (Phi) is 5.74. The number of nitro benzene ring substituents is 2. The molecule has 160 valence electrons. The number of benzene rings is 2. The number of para-hydroxylation sites is 1. The Morgan fingerprint density at radius 2 is 1.71 bits per heavy atom. The number of amides is 1. The maximum atomic E-state index is 12.9. The Morgan fingerprint density at radius 3 is 2.29 bits per heavy atom. The lowest BCUT2D eigenvalue weighted by Crippen LogP contribution is -2.48. The van der Waals surface area contributed by atoms with E-state index in [1.165, 1.54) is 0 Å². The number of carbonyl (C=O) groups is 1. The zero-order valence-corrected chi connectivity index (χ0v) is 18.0. The maximum Gasteiger partial charge on any atom is 0.277 e. The molecule has 0 bridgehead atoms. The molecule has 2 aromatic carbocycles. The van der Waals surface area contributed by atoms with Crippen molar-refractivity contribution >= 4 is 55.7 Å². The van der Waals surface area contributed by atoms with Crippen molar-refractivity contribution < 1.29 is 14.6 Å². The number of thiazole rings is 1. The van der Waals surface area contributed by atoms with Gasteiger partial charge in [-0.1, -0.05) is 17.4 Å². The molecule has 0 N–H and O–H groups in total. The van der Waals surface area contributed by atoms with Gasteiger partial charge in [-0.25, -0.2) is 4.98 Å². The van der Waals surface area contributed by atoms with Crippen molar-refractivity contribution in [3.05, 3.63) is 62.2 Å². The molecule has 0 atom stereocenters. The first kappa shape index (κ1) is 21.0. The van der Waals surface area contributed by atoms with Gasteiger partial charge < -0.3 is 9.80 Å². The first-order valence-corrected chi connectivity index (χ1v) is 11.3. The number of nitrogens with zero attached hydrogens (tertiary/aromatic N) is 5. The van der Waals surface area contributed by atoms with E-state index < -0.39 is 27.1 Å². The molecule has 3 aromatic rings. The van der Waals surface area contributed by atoms with Gasteiger partial charge in [0.2, 0.25) is 0 Å².